The summed E-state index contributed by atoms with van der Waals surface area (Å²) in [5, 5.41) is 3.16. The maximum Gasteiger partial charge on any atom is 0.236 e. The summed E-state index contributed by atoms with van der Waals surface area (Å²) in [6, 6.07) is 0.474. The molecule has 110 valence electrons. The monoisotopic (exact) mass is 287 g/mol. The summed E-state index contributed by atoms with van der Waals surface area (Å²) in [5.41, 5.74) is 0. The van der Waals surface area contributed by atoms with Crippen molar-refractivity contribution in [2.45, 2.75) is 32.2 Å². The van der Waals surface area contributed by atoms with E-state index in [2.05, 4.69) is 22.0 Å². The zero-order valence-electron chi connectivity index (χ0n) is 11.8. The van der Waals surface area contributed by atoms with Gasteiger partial charge in [0, 0.05) is 32.2 Å². The molecule has 1 saturated carbocycles. The Hall–Kier alpha value is -0.320. The maximum atomic E-state index is 11.9. The normalized spacial score (nSPS) is 35.9. The van der Waals surface area contributed by atoms with Crippen molar-refractivity contribution < 1.29 is 4.79 Å². The van der Waals surface area contributed by atoms with Gasteiger partial charge in [0.25, 0.3) is 0 Å². The first kappa shape index (κ1) is 15.1. The predicted molar refractivity (Wildman–Crippen MR) is 78.6 cm³/mol. The summed E-state index contributed by atoms with van der Waals surface area (Å²) in [7, 11) is 0. The van der Waals surface area contributed by atoms with E-state index in [9.17, 15) is 4.79 Å². The minimum atomic E-state index is 0. The second-order valence-electron chi connectivity index (χ2n) is 6.29. The highest BCUT2D eigenvalue weighted by atomic mass is 35.5. The van der Waals surface area contributed by atoms with Crippen LogP contribution in [0.25, 0.3) is 0 Å². The van der Waals surface area contributed by atoms with E-state index >= 15 is 0 Å². The van der Waals surface area contributed by atoms with Crippen LogP contribution in [0, 0.1) is 11.8 Å². The van der Waals surface area contributed by atoms with E-state index in [-0.39, 0.29) is 12.4 Å². The second kappa shape index (κ2) is 6.42. The first-order chi connectivity index (χ1) is 8.74. The molecule has 0 radical (unpaired) electrons. The van der Waals surface area contributed by atoms with Crippen LogP contribution >= 0.6 is 12.4 Å². The number of likely N-dealkylation sites (tertiary alicyclic amines) is 1. The molecule has 5 heteroatoms. The number of carbonyl (C=O) groups excluding carboxylic acids is 1. The van der Waals surface area contributed by atoms with Crippen molar-refractivity contribution in [3.05, 3.63) is 0 Å². The molecule has 4 nitrogen and oxygen atoms in total. The highest BCUT2D eigenvalue weighted by Gasteiger charge is 2.36. The number of piperazine rings is 1. The standard InChI is InChI=1S/C14H25N3O.ClH/c1-11-7-12(11)9-16-5-2-3-13(10-16)17-6-4-15-8-14(17)18;/h11-13,15H,2-10H2,1H3;1H. The minimum Gasteiger partial charge on any atom is -0.336 e. The van der Waals surface area contributed by atoms with Crippen LogP contribution in [-0.4, -0.2) is 61.0 Å². The summed E-state index contributed by atoms with van der Waals surface area (Å²) in [5.74, 6) is 2.17. The molecule has 3 unspecified atom stereocenters. The van der Waals surface area contributed by atoms with E-state index in [1.807, 2.05) is 0 Å². The second-order valence-corrected chi connectivity index (χ2v) is 6.29. The molecule has 1 aliphatic carbocycles. The third-order valence-corrected chi connectivity index (χ3v) is 4.82. The number of piperidine rings is 1. The Labute approximate surface area is 122 Å². The molecule has 1 N–H and O–H groups in total. The van der Waals surface area contributed by atoms with Gasteiger partial charge in [0.1, 0.15) is 0 Å². The van der Waals surface area contributed by atoms with Gasteiger partial charge >= 0.3 is 0 Å². The van der Waals surface area contributed by atoms with Crippen molar-refractivity contribution >= 4 is 18.3 Å². The van der Waals surface area contributed by atoms with E-state index in [1.54, 1.807) is 0 Å². The summed E-state index contributed by atoms with van der Waals surface area (Å²) in [6.45, 7) is 8.36. The summed E-state index contributed by atoms with van der Waals surface area (Å²) in [6.07, 6.45) is 3.86. The van der Waals surface area contributed by atoms with Gasteiger partial charge in [-0.25, -0.2) is 0 Å². The molecular formula is C14H26ClN3O. The average molecular weight is 288 g/mol. The number of halogens is 1. The first-order valence-corrected chi connectivity index (χ1v) is 7.46. The quantitative estimate of drug-likeness (QED) is 0.840. The topological polar surface area (TPSA) is 35.6 Å². The third-order valence-electron chi connectivity index (χ3n) is 4.82. The Balaban J connectivity index is 0.00000133. The molecule has 3 aliphatic rings. The van der Waals surface area contributed by atoms with Crippen molar-refractivity contribution in [1.29, 1.82) is 0 Å². The van der Waals surface area contributed by atoms with Gasteiger partial charge in [-0.05, 0) is 37.6 Å². The number of hydrogen-bond acceptors (Lipinski definition) is 3. The lowest BCUT2D eigenvalue weighted by molar-refractivity contribution is -0.135. The molecular weight excluding hydrogens is 262 g/mol. The lowest BCUT2D eigenvalue weighted by Crippen LogP contribution is -2.57. The molecule has 3 fully saturated rings. The highest BCUT2D eigenvalue weighted by Crippen LogP contribution is 2.38. The lowest BCUT2D eigenvalue weighted by Gasteiger charge is -2.41. The molecule has 0 aromatic heterocycles. The summed E-state index contributed by atoms with van der Waals surface area (Å²) in [4.78, 5) is 16.7. The Bertz CT molecular complexity index is 326. The average Bonchev–Trinajstić information content (AvgIpc) is 3.06. The van der Waals surface area contributed by atoms with Crippen molar-refractivity contribution in [2.24, 2.45) is 11.8 Å². The molecule has 19 heavy (non-hydrogen) atoms. The molecule has 0 bridgehead atoms. The Kier molecular flexibility index (Phi) is 5.09. The largest absolute Gasteiger partial charge is 0.336 e. The molecule has 1 amide bonds. The van der Waals surface area contributed by atoms with E-state index in [1.165, 1.54) is 32.4 Å². The molecule has 2 heterocycles. The number of hydrogen-bond donors (Lipinski definition) is 1. The molecule has 2 aliphatic heterocycles. The van der Waals surface area contributed by atoms with Crippen LogP contribution in [0.1, 0.15) is 26.2 Å². The molecule has 3 rings (SSSR count). The van der Waals surface area contributed by atoms with Crippen LogP contribution in [0.15, 0.2) is 0 Å². The van der Waals surface area contributed by atoms with Gasteiger partial charge in [-0.2, -0.15) is 0 Å². The van der Waals surface area contributed by atoms with Crippen LogP contribution in [0.2, 0.25) is 0 Å². The Morgan fingerprint density at radius 2 is 2.16 bits per heavy atom. The smallest absolute Gasteiger partial charge is 0.236 e. The van der Waals surface area contributed by atoms with Gasteiger partial charge in [-0.1, -0.05) is 6.92 Å². The van der Waals surface area contributed by atoms with E-state index in [0.29, 0.717) is 18.5 Å². The van der Waals surface area contributed by atoms with E-state index < -0.39 is 0 Å². The number of rotatable bonds is 3. The fourth-order valence-corrected chi connectivity index (χ4v) is 3.44. The summed E-state index contributed by atoms with van der Waals surface area (Å²) < 4.78 is 0. The fourth-order valence-electron chi connectivity index (χ4n) is 3.44. The van der Waals surface area contributed by atoms with Gasteiger partial charge in [-0.15, -0.1) is 12.4 Å². The number of nitrogens with zero attached hydrogens (tertiary/aromatic N) is 2. The highest BCUT2D eigenvalue weighted by molar-refractivity contribution is 5.85. The fraction of sp³-hybridized carbons (Fsp3) is 0.929. The number of carbonyl (C=O) groups is 1. The lowest BCUT2D eigenvalue weighted by atomic mass is 10.0. The molecule has 3 atom stereocenters. The van der Waals surface area contributed by atoms with Crippen LogP contribution < -0.4 is 5.32 Å². The summed E-state index contributed by atoms with van der Waals surface area (Å²) >= 11 is 0. The van der Waals surface area contributed by atoms with E-state index in [4.69, 9.17) is 0 Å². The van der Waals surface area contributed by atoms with Gasteiger partial charge in [0.05, 0.1) is 6.54 Å². The van der Waals surface area contributed by atoms with Gasteiger partial charge in [-0.3, -0.25) is 4.79 Å². The zero-order valence-corrected chi connectivity index (χ0v) is 12.6. The number of amides is 1. The van der Waals surface area contributed by atoms with Gasteiger partial charge < -0.3 is 15.1 Å². The first-order valence-electron chi connectivity index (χ1n) is 7.46. The van der Waals surface area contributed by atoms with Crippen LogP contribution in [-0.2, 0) is 4.79 Å². The van der Waals surface area contributed by atoms with Crippen LogP contribution in [0.3, 0.4) is 0 Å². The van der Waals surface area contributed by atoms with Crippen molar-refractivity contribution in [3.63, 3.8) is 0 Å². The van der Waals surface area contributed by atoms with Gasteiger partial charge in [0.15, 0.2) is 0 Å². The van der Waals surface area contributed by atoms with Crippen LogP contribution in [0.5, 0.6) is 0 Å². The zero-order chi connectivity index (χ0) is 12.5. The predicted octanol–water partition coefficient (Wildman–Crippen LogP) is 0.960. The van der Waals surface area contributed by atoms with Crippen molar-refractivity contribution in [2.75, 3.05) is 39.3 Å². The molecule has 2 saturated heterocycles. The van der Waals surface area contributed by atoms with Gasteiger partial charge in [0.2, 0.25) is 5.91 Å². The Morgan fingerprint density at radius 3 is 2.84 bits per heavy atom. The maximum absolute atomic E-state index is 11.9. The molecule has 0 aromatic carbocycles. The Morgan fingerprint density at radius 1 is 1.37 bits per heavy atom. The third kappa shape index (κ3) is 3.61. The van der Waals surface area contributed by atoms with Crippen molar-refractivity contribution in [3.8, 4) is 0 Å². The molecule has 0 spiro atoms. The van der Waals surface area contributed by atoms with E-state index in [0.717, 1.165) is 31.5 Å². The van der Waals surface area contributed by atoms with Crippen LogP contribution in [0.4, 0.5) is 0 Å². The minimum absolute atomic E-state index is 0. The SMILES string of the molecule is CC1CC1CN1CCCC(N2CCNCC2=O)C1.Cl. The number of nitrogens with one attached hydrogen (secondary N) is 1. The van der Waals surface area contributed by atoms with Crippen molar-refractivity contribution in [1.82, 2.24) is 15.1 Å². The molecule has 0 aromatic rings.